The molecule has 0 bridgehead atoms. The molecule has 0 aromatic heterocycles. The first-order valence-electron chi connectivity index (χ1n) is 8.53. The van der Waals surface area contributed by atoms with Gasteiger partial charge in [-0.2, -0.15) is 0 Å². The van der Waals surface area contributed by atoms with Gasteiger partial charge in [0.1, 0.15) is 11.6 Å². The number of thioether (sulfide) groups is 1. The Morgan fingerprint density at radius 2 is 1.89 bits per heavy atom. The first-order chi connectivity index (χ1) is 13.5. The van der Waals surface area contributed by atoms with Gasteiger partial charge in [-0.3, -0.25) is 14.5 Å². The normalized spacial score (nSPS) is 16.8. The Morgan fingerprint density at radius 3 is 2.50 bits per heavy atom. The summed E-state index contributed by atoms with van der Waals surface area (Å²) in [6.07, 6.45) is 1.76. The summed E-state index contributed by atoms with van der Waals surface area (Å²) >= 11 is 1.26. The lowest BCUT2D eigenvalue weighted by Crippen LogP contribution is -2.28. The monoisotopic (exact) mass is 399 g/mol. The molecular formula is C20H18FN3O3S. The van der Waals surface area contributed by atoms with Crippen molar-refractivity contribution in [2.75, 3.05) is 13.2 Å². The van der Waals surface area contributed by atoms with Crippen LogP contribution in [-0.2, 0) is 9.59 Å². The largest absolute Gasteiger partial charge is 0.484 e. The number of likely N-dealkylation sites (N-methyl/N-ethyl adjacent to an activating group) is 1. The number of hydrogen-bond donors (Lipinski definition) is 1. The van der Waals surface area contributed by atoms with Gasteiger partial charge in [0.05, 0.1) is 10.6 Å². The fourth-order valence-corrected chi connectivity index (χ4v) is 3.52. The summed E-state index contributed by atoms with van der Waals surface area (Å²) < 4.78 is 18.3. The maximum Gasteiger partial charge on any atom is 0.266 e. The van der Waals surface area contributed by atoms with Crippen LogP contribution in [0.25, 0.3) is 6.08 Å². The number of rotatable bonds is 6. The predicted octanol–water partition coefficient (Wildman–Crippen LogP) is 3.31. The fourth-order valence-electron chi connectivity index (χ4n) is 2.46. The highest BCUT2D eigenvalue weighted by atomic mass is 32.2. The van der Waals surface area contributed by atoms with Gasteiger partial charge >= 0.3 is 0 Å². The summed E-state index contributed by atoms with van der Waals surface area (Å²) in [5.74, 6) is -0.510. The van der Waals surface area contributed by atoms with Crippen molar-refractivity contribution in [2.24, 2.45) is 10.7 Å². The predicted molar refractivity (Wildman–Crippen MR) is 108 cm³/mol. The summed E-state index contributed by atoms with van der Waals surface area (Å²) in [7, 11) is 0. The lowest BCUT2D eigenvalue weighted by atomic mass is 10.2. The number of nitrogens with two attached hydrogens (primary N) is 1. The van der Waals surface area contributed by atoms with E-state index in [0.717, 1.165) is 5.56 Å². The average molecular weight is 399 g/mol. The second kappa shape index (κ2) is 8.71. The van der Waals surface area contributed by atoms with Gasteiger partial charge in [0, 0.05) is 6.54 Å². The van der Waals surface area contributed by atoms with E-state index in [1.54, 1.807) is 47.4 Å². The van der Waals surface area contributed by atoms with Gasteiger partial charge in [-0.1, -0.05) is 12.1 Å². The quantitative estimate of drug-likeness (QED) is 0.755. The van der Waals surface area contributed by atoms with E-state index in [2.05, 4.69) is 4.99 Å². The van der Waals surface area contributed by atoms with Crippen molar-refractivity contribution in [3.63, 3.8) is 0 Å². The molecular weight excluding hydrogens is 381 g/mol. The number of carbonyl (C=O) groups is 2. The second-order valence-corrected chi connectivity index (χ2v) is 6.86. The zero-order chi connectivity index (χ0) is 20.1. The number of ether oxygens (including phenoxy) is 1. The van der Waals surface area contributed by atoms with Gasteiger partial charge in [0.2, 0.25) is 0 Å². The number of halogens is 1. The van der Waals surface area contributed by atoms with Crippen LogP contribution in [-0.4, -0.2) is 35.0 Å². The summed E-state index contributed by atoms with van der Waals surface area (Å²) in [5.41, 5.74) is 6.43. The molecule has 2 aromatic rings. The van der Waals surface area contributed by atoms with E-state index < -0.39 is 5.91 Å². The van der Waals surface area contributed by atoms with Crippen LogP contribution in [0.15, 0.2) is 58.4 Å². The molecule has 1 aliphatic heterocycles. The van der Waals surface area contributed by atoms with Crippen LogP contribution >= 0.6 is 11.8 Å². The molecule has 3 rings (SSSR count). The molecule has 0 saturated carbocycles. The topological polar surface area (TPSA) is 85.0 Å². The Labute approximate surface area is 165 Å². The molecule has 0 atom stereocenters. The highest BCUT2D eigenvalue weighted by Crippen LogP contribution is 2.34. The van der Waals surface area contributed by atoms with E-state index in [1.165, 1.54) is 23.9 Å². The third-order valence-electron chi connectivity index (χ3n) is 3.81. The van der Waals surface area contributed by atoms with Gasteiger partial charge in [-0.25, -0.2) is 9.38 Å². The van der Waals surface area contributed by atoms with Crippen molar-refractivity contribution in [1.29, 1.82) is 0 Å². The highest BCUT2D eigenvalue weighted by molar-refractivity contribution is 8.18. The zero-order valence-electron chi connectivity index (χ0n) is 15.1. The third kappa shape index (κ3) is 4.77. The van der Waals surface area contributed by atoms with Crippen LogP contribution in [0.2, 0.25) is 0 Å². The summed E-state index contributed by atoms with van der Waals surface area (Å²) in [5, 5.41) is 0.548. The smallest absolute Gasteiger partial charge is 0.266 e. The van der Waals surface area contributed by atoms with Gasteiger partial charge in [-0.05, 0) is 66.7 Å². The van der Waals surface area contributed by atoms with E-state index in [0.29, 0.717) is 28.1 Å². The number of nitrogens with zero attached hydrogens (tertiary/aromatic N) is 2. The van der Waals surface area contributed by atoms with Crippen molar-refractivity contribution in [3.8, 4) is 5.75 Å². The highest BCUT2D eigenvalue weighted by Gasteiger charge is 2.32. The Hall–Kier alpha value is -3.13. The van der Waals surface area contributed by atoms with Crippen molar-refractivity contribution in [2.45, 2.75) is 6.92 Å². The summed E-state index contributed by atoms with van der Waals surface area (Å²) in [4.78, 5) is 30.0. The molecule has 1 heterocycles. The molecule has 2 amide bonds. The van der Waals surface area contributed by atoms with Gasteiger partial charge in [0.25, 0.3) is 11.8 Å². The van der Waals surface area contributed by atoms with E-state index in [4.69, 9.17) is 10.5 Å². The number of benzene rings is 2. The molecule has 0 radical (unpaired) electrons. The van der Waals surface area contributed by atoms with Gasteiger partial charge in [-0.15, -0.1) is 0 Å². The maximum absolute atomic E-state index is 13.1. The maximum atomic E-state index is 13.1. The van der Waals surface area contributed by atoms with Crippen LogP contribution in [0.5, 0.6) is 5.75 Å². The number of primary amides is 1. The lowest BCUT2D eigenvalue weighted by Gasteiger charge is -2.11. The number of hydrogen-bond acceptors (Lipinski definition) is 5. The molecule has 28 heavy (non-hydrogen) atoms. The van der Waals surface area contributed by atoms with Crippen molar-refractivity contribution < 1.29 is 18.7 Å². The first kappa shape index (κ1) is 19.6. The third-order valence-corrected chi connectivity index (χ3v) is 4.82. The van der Waals surface area contributed by atoms with Crippen molar-refractivity contribution in [1.82, 2.24) is 4.90 Å². The van der Waals surface area contributed by atoms with Crippen LogP contribution in [0.1, 0.15) is 12.5 Å². The van der Waals surface area contributed by atoms with Crippen molar-refractivity contribution in [3.05, 3.63) is 64.8 Å². The molecule has 2 aromatic carbocycles. The Kier molecular flexibility index (Phi) is 6.10. The minimum absolute atomic E-state index is 0.137. The first-order valence-corrected chi connectivity index (χ1v) is 9.34. The standard InChI is InChI=1S/C20H18FN3O3S/c1-2-24-19(26)17(28-20(24)23-15-7-5-14(21)6-8-15)11-13-3-9-16(10-4-13)27-12-18(22)25/h3-11H,2,12H2,1H3,(H2,22,25)/b17-11-,23-20?. The van der Waals surface area contributed by atoms with Crippen LogP contribution < -0.4 is 10.5 Å². The zero-order valence-corrected chi connectivity index (χ0v) is 15.9. The van der Waals surface area contributed by atoms with Crippen molar-refractivity contribution >= 4 is 40.5 Å². The van der Waals surface area contributed by atoms with E-state index >= 15 is 0 Å². The number of carbonyl (C=O) groups excluding carboxylic acids is 2. The second-order valence-electron chi connectivity index (χ2n) is 5.85. The molecule has 1 fully saturated rings. The van der Waals surface area contributed by atoms with Crippen LogP contribution in [0, 0.1) is 5.82 Å². The molecule has 8 heteroatoms. The number of aliphatic imine (C=N–C) groups is 1. The SMILES string of the molecule is CCN1C(=O)/C(=C/c2ccc(OCC(N)=O)cc2)SC1=Nc1ccc(F)cc1. The Bertz CT molecular complexity index is 940. The molecule has 0 aliphatic carbocycles. The van der Waals surface area contributed by atoms with Gasteiger partial charge < -0.3 is 10.5 Å². The van der Waals surface area contributed by atoms with Crippen LogP contribution in [0.4, 0.5) is 10.1 Å². The van der Waals surface area contributed by atoms with E-state index in [-0.39, 0.29) is 18.3 Å². The molecule has 2 N–H and O–H groups in total. The van der Waals surface area contributed by atoms with E-state index in [1.807, 2.05) is 6.92 Å². The average Bonchev–Trinajstić information content (AvgIpc) is 2.97. The molecule has 0 unspecified atom stereocenters. The Morgan fingerprint density at radius 1 is 1.21 bits per heavy atom. The minimum Gasteiger partial charge on any atom is -0.484 e. The van der Waals surface area contributed by atoms with Gasteiger partial charge in [0.15, 0.2) is 11.8 Å². The van der Waals surface area contributed by atoms with E-state index in [9.17, 15) is 14.0 Å². The van der Waals surface area contributed by atoms with Crippen LogP contribution in [0.3, 0.4) is 0 Å². The summed E-state index contributed by atoms with van der Waals surface area (Å²) in [6, 6.07) is 12.7. The minimum atomic E-state index is -0.549. The number of amidine groups is 1. The lowest BCUT2D eigenvalue weighted by molar-refractivity contribution is -0.122. The molecule has 6 nitrogen and oxygen atoms in total. The Balaban J connectivity index is 1.79. The molecule has 144 valence electrons. The molecule has 1 saturated heterocycles. The number of amides is 2. The molecule has 0 spiro atoms. The summed E-state index contributed by atoms with van der Waals surface area (Å²) in [6.45, 7) is 2.15. The molecule has 1 aliphatic rings. The fraction of sp³-hybridized carbons (Fsp3) is 0.150.